The highest BCUT2D eigenvalue weighted by molar-refractivity contribution is 6.27. The van der Waals surface area contributed by atoms with Gasteiger partial charge in [-0.15, -0.1) is 0 Å². The van der Waals surface area contributed by atoms with Gasteiger partial charge in [0.05, 0.1) is 25.3 Å². The number of β-amino-alcohol motifs (C(OH)–C–C–N with tert-alkyl or cyclic N) is 1. The molecule has 0 aliphatic carbocycles. The number of ether oxygens (including phenoxy) is 1. The number of aromatic amines is 1. The maximum atomic E-state index is 14.4. The number of carbonyl (C=O) groups is 2. The molecule has 3 heterocycles. The Bertz CT molecular complexity index is 1490. The number of fused-ring (bicyclic) bond motifs is 2. The van der Waals surface area contributed by atoms with Crippen molar-refractivity contribution >= 4 is 33.9 Å². The average Bonchev–Trinajstić information content (AvgIpc) is 3.37. The van der Waals surface area contributed by atoms with Crippen molar-refractivity contribution in [1.29, 1.82) is 0 Å². The zero-order valence-electron chi connectivity index (χ0n) is 21.6. The molecular formula is C27H29F2N5O6. The zero-order chi connectivity index (χ0) is 28.8. The number of rotatable bonds is 7. The Hall–Kier alpha value is -4.20. The first-order valence-corrected chi connectivity index (χ1v) is 12.5. The number of methoxy groups -OCH3 is 1. The van der Waals surface area contributed by atoms with Crippen LogP contribution in [0.3, 0.4) is 0 Å². The Morgan fingerprint density at radius 2 is 1.85 bits per heavy atom. The van der Waals surface area contributed by atoms with E-state index in [1.807, 2.05) is 6.07 Å². The Kier molecular flexibility index (Phi) is 9.19. The molecule has 4 aromatic rings. The lowest BCUT2D eigenvalue weighted by molar-refractivity contribution is -0.159. The molecule has 1 aliphatic heterocycles. The number of nitrogens with zero attached hydrogens (tertiary/aromatic N) is 3. The first kappa shape index (κ1) is 28.8. The molecule has 5 N–H and O–H groups in total. The van der Waals surface area contributed by atoms with Gasteiger partial charge in [-0.1, -0.05) is 6.07 Å². The lowest BCUT2D eigenvalue weighted by Gasteiger charge is -2.33. The van der Waals surface area contributed by atoms with Gasteiger partial charge in [-0.2, -0.15) is 0 Å². The number of carboxylic acid groups (broad SMARTS) is 2. The summed E-state index contributed by atoms with van der Waals surface area (Å²) in [5.41, 5.74) is 1.93. The smallest absolute Gasteiger partial charge is 0.414 e. The summed E-state index contributed by atoms with van der Waals surface area (Å²) in [6.45, 7) is 2.64. The highest BCUT2D eigenvalue weighted by Gasteiger charge is 2.23. The number of aliphatic hydroxyl groups is 1. The Labute approximate surface area is 227 Å². The lowest BCUT2D eigenvalue weighted by Crippen LogP contribution is -2.43. The summed E-state index contributed by atoms with van der Waals surface area (Å²) < 4.78 is 33.4. The van der Waals surface area contributed by atoms with Gasteiger partial charge < -0.3 is 35.3 Å². The zero-order valence-corrected chi connectivity index (χ0v) is 21.6. The van der Waals surface area contributed by atoms with Gasteiger partial charge in [0.1, 0.15) is 22.6 Å². The van der Waals surface area contributed by atoms with Crippen molar-refractivity contribution in [1.82, 2.24) is 25.2 Å². The van der Waals surface area contributed by atoms with Gasteiger partial charge in [0, 0.05) is 30.2 Å². The third kappa shape index (κ3) is 6.86. The van der Waals surface area contributed by atoms with Crippen LogP contribution in [0.2, 0.25) is 0 Å². The van der Waals surface area contributed by atoms with Crippen LogP contribution in [0.1, 0.15) is 30.3 Å². The van der Waals surface area contributed by atoms with Crippen molar-refractivity contribution < 1.29 is 38.4 Å². The van der Waals surface area contributed by atoms with E-state index in [4.69, 9.17) is 24.5 Å². The second-order valence-corrected chi connectivity index (χ2v) is 9.31. The van der Waals surface area contributed by atoms with Crippen molar-refractivity contribution in [2.75, 3.05) is 26.7 Å². The Morgan fingerprint density at radius 1 is 1.12 bits per heavy atom. The van der Waals surface area contributed by atoms with Crippen LogP contribution in [-0.4, -0.2) is 79.9 Å². The molecule has 11 nitrogen and oxygen atoms in total. The molecule has 40 heavy (non-hydrogen) atoms. The molecule has 13 heteroatoms. The van der Waals surface area contributed by atoms with E-state index in [1.54, 1.807) is 18.2 Å². The number of imidazole rings is 1. The van der Waals surface area contributed by atoms with E-state index >= 15 is 0 Å². The Balaban J connectivity index is 0.000000557. The van der Waals surface area contributed by atoms with Gasteiger partial charge in [-0.05, 0) is 55.8 Å². The monoisotopic (exact) mass is 557 g/mol. The lowest BCUT2D eigenvalue weighted by atomic mass is 10.0. The normalized spacial score (nSPS) is 15.0. The first-order valence-electron chi connectivity index (χ1n) is 12.5. The minimum atomic E-state index is -1.82. The molecule has 1 saturated heterocycles. The van der Waals surface area contributed by atoms with Crippen LogP contribution in [0.15, 0.2) is 42.6 Å². The fourth-order valence-corrected chi connectivity index (χ4v) is 4.65. The first-order chi connectivity index (χ1) is 19.2. The molecule has 0 radical (unpaired) electrons. The summed E-state index contributed by atoms with van der Waals surface area (Å²) in [6.07, 6.45) is 2.59. The number of pyridine rings is 1. The van der Waals surface area contributed by atoms with E-state index in [2.05, 4.69) is 25.2 Å². The van der Waals surface area contributed by atoms with Gasteiger partial charge in [0.2, 0.25) is 0 Å². The molecule has 0 amide bonds. The summed E-state index contributed by atoms with van der Waals surface area (Å²) in [5, 5.41) is 29.8. The van der Waals surface area contributed by atoms with Crippen LogP contribution >= 0.6 is 0 Å². The number of benzene rings is 2. The maximum absolute atomic E-state index is 14.4. The van der Waals surface area contributed by atoms with E-state index in [9.17, 15) is 13.9 Å². The summed E-state index contributed by atoms with van der Waals surface area (Å²) in [6, 6.07) is 9.94. The number of halogens is 2. The van der Waals surface area contributed by atoms with E-state index in [-0.39, 0.29) is 11.3 Å². The van der Waals surface area contributed by atoms with E-state index < -0.39 is 23.9 Å². The van der Waals surface area contributed by atoms with Gasteiger partial charge in [0.15, 0.2) is 11.6 Å². The van der Waals surface area contributed by atoms with Crippen molar-refractivity contribution in [2.45, 2.75) is 31.5 Å². The number of nitrogens with one attached hydrogen (secondary N) is 2. The van der Waals surface area contributed by atoms with E-state index in [0.717, 1.165) is 25.9 Å². The van der Waals surface area contributed by atoms with Gasteiger partial charge >= 0.3 is 11.9 Å². The van der Waals surface area contributed by atoms with Crippen molar-refractivity contribution in [3.63, 3.8) is 0 Å². The van der Waals surface area contributed by atoms with Gasteiger partial charge in [-0.25, -0.2) is 23.4 Å². The SMILES string of the molecule is COc1cc(F)c2nccc([C@@H](O)CN3CCC(NCc4nc5c(F)cccc5[nH]4)CC3)c2c1.O=C(O)C(=O)O. The number of piperidine rings is 1. The number of aliphatic hydroxyl groups excluding tert-OH is 1. The molecule has 1 aliphatic rings. The molecule has 5 rings (SSSR count). The molecule has 212 valence electrons. The fraction of sp³-hybridized carbons (Fsp3) is 0.333. The minimum absolute atomic E-state index is 0.228. The molecule has 2 aromatic heterocycles. The number of carboxylic acids is 2. The number of hydrogen-bond acceptors (Lipinski definition) is 8. The second kappa shape index (κ2) is 12.8. The summed E-state index contributed by atoms with van der Waals surface area (Å²) >= 11 is 0. The number of para-hydroxylation sites is 1. The highest BCUT2D eigenvalue weighted by atomic mass is 19.1. The predicted octanol–water partition coefficient (Wildman–Crippen LogP) is 2.84. The third-order valence-electron chi connectivity index (χ3n) is 6.67. The topological polar surface area (TPSA) is 161 Å². The number of aliphatic carboxylic acids is 2. The minimum Gasteiger partial charge on any atom is -0.497 e. The number of hydrogen-bond donors (Lipinski definition) is 5. The van der Waals surface area contributed by atoms with Crippen molar-refractivity contribution in [3.05, 3.63) is 65.6 Å². The van der Waals surface area contributed by atoms with Gasteiger partial charge in [-0.3, -0.25) is 4.98 Å². The molecule has 0 spiro atoms. The molecule has 1 fully saturated rings. The predicted molar refractivity (Wildman–Crippen MR) is 141 cm³/mol. The van der Waals surface area contributed by atoms with Crippen LogP contribution in [0.25, 0.3) is 21.9 Å². The number of aromatic nitrogens is 3. The second-order valence-electron chi connectivity index (χ2n) is 9.31. The van der Waals surface area contributed by atoms with Crippen LogP contribution in [-0.2, 0) is 16.1 Å². The quantitative estimate of drug-likeness (QED) is 0.214. The fourth-order valence-electron chi connectivity index (χ4n) is 4.65. The van der Waals surface area contributed by atoms with Crippen LogP contribution in [0.5, 0.6) is 5.75 Å². The molecular weight excluding hydrogens is 528 g/mol. The molecule has 1 atom stereocenters. The van der Waals surface area contributed by atoms with Crippen LogP contribution < -0.4 is 10.1 Å². The van der Waals surface area contributed by atoms with Crippen molar-refractivity contribution in [2.24, 2.45) is 0 Å². The molecule has 2 aromatic carbocycles. The summed E-state index contributed by atoms with van der Waals surface area (Å²) in [5.74, 6) is -3.33. The molecule has 0 saturated carbocycles. The van der Waals surface area contributed by atoms with Crippen LogP contribution in [0, 0.1) is 11.6 Å². The van der Waals surface area contributed by atoms with Gasteiger partial charge in [0.25, 0.3) is 0 Å². The largest absolute Gasteiger partial charge is 0.497 e. The highest BCUT2D eigenvalue weighted by Crippen LogP contribution is 2.29. The third-order valence-corrected chi connectivity index (χ3v) is 6.67. The Morgan fingerprint density at radius 3 is 2.50 bits per heavy atom. The maximum Gasteiger partial charge on any atom is 0.414 e. The molecule has 0 unspecified atom stereocenters. The van der Waals surface area contributed by atoms with E-state index in [0.29, 0.717) is 52.7 Å². The molecule has 0 bridgehead atoms. The standard InChI is InChI=1S/C25H27F2N5O2.C2H2O4/c1-34-16-11-18-17(5-8-28-24(18)20(27)12-16)22(33)14-32-9-6-15(7-10-32)29-13-23-30-21-4-2-3-19(26)25(21)31-23;3-1(4)2(5)6/h2-5,8,11-12,15,22,29,33H,6-7,9-10,13-14H2,1H3,(H,30,31);(H,3,4)(H,5,6)/t22-;/m0./s1. The average molecular weight is 558 g/mol. The number of H-pyrrole nitrogens is 1. The van der Waals surface area contributed by atoms with Crippen LogP contribution in [0.4, 0.5) is 8.78 Å². The van der Waals surface area contributed by atoms with E-state index in [1.165, 1.54) is 25.4 Å². The number of likely N-dealkylation sites (tertiary alicyclic amines) is 1. The summed E-state index contributed by atoms with van der Waals surface area (Å²) in [4.78, 5) is 32.0. The summed E-state index contributed by atoms with van der Waals surface area (Å²) in [7, 11) is 1.48. The van der Waals surface area contributed by atoms with Crippen molar-refractivity contribution in [3.8, 4) is 5.75 Å².